The summed E-state index contributed by atoms with van der Waals surface area (Å²) in [5.74, 6) is -0.251. The number of rotatable bonds is 4. The van der Waals surface area contributed by atoms with Crippen LogP contribution < -0.4 is 10.5 Å². The summed E-state index contributed by atoms with van der Waals surface area (Å²) in [5.41, 5.74) is -0.380. The average molecular weight is 374 g/mol. The van der Waals surface area contributed by atoms with Crippen molar-refractivity contribution in [2.24, 2.45) is 10.1 Å². The van der Waals surface area contributed by atoms with E-state index in [-0.39, 0.29) is 29.7 Å². The number of primary sulfonamides is 1. The zero-order valence-corrected chi connectivity index (χ0v) is 14.9. The van der Waals surface area contributed by atoms with E-state index in [9.17, 15) is 18.0 Å². The fraction of sp³-hybridized carbons (Fsp3) is 0.235. The van der Waals surface area contributed by atoms with Crippen LogP contribution in [-0.2, 0) is 26.2 Å². The van der Waals surface area contributed by atoms with Crippen LogP contribution >= 0.6 is 0 Å². The van der Waals surface area contributed by atoms with Gasteiger partial charge in [-0.2, -0.15) is 4.99 Å². The van der Waals surface area contributed by atoms with Crippen LogP contribution in [-0.4, -0.2) is 36.5 Å². The Morgan fingerprint density at radius 2 is 2.00 bits per heavy atom. The van der Waals surface area contributed by atoms with E-state index in [1.54, 1.807) is 48.4 Å². The molecule has 2 aliphatic heterocycles. The maximum Gasteiger partial charge on any atom is 0.250 e. The van der Waals surface area contributed by atoms with E-state index in [4.69, 9.17) is 5.14 Å². The summed E-state index contributed by atoms with van der Waals surface area (Å²) in [6.45, 7) is 1.87. The van der Waals surface area contributed by atoms with Crippen molar-refractivity contribution in [1.82, 2.24) is 10.2 Å². The number of carbonyl (C=O) groups is 2. The van der Waals surface area contributed by atoms with Crippen LogP contribution in [0.25, 0.3) is 0 Å². The molecule has 26 heavy (non-hydrogen) atoms. The minimum atomic E-state index is -3.76. The predicted molar refractivity (Wildman–Crippen MR) is 95.2 cm³/mol. The van der Waals surface area contributed by atoms with Crippen molar-refractivity contribution in [1.29, 1.82) is 0 Å². The van der Waals surface area contributed by atoms with Crippen LogP contribution in [0.4, 0.5) is 0 Å². The monoisotopic (exact) mass is 374 g/mol. The first-order valence-corrected chi connectivity index (χ1v) is 9.40. The molecule has 2 heterocycles. The standard InChI is InChI=1S/C17H18N4O4S/c1-17(10-15(22)20-14-4-2-3-9-21(14)17)16(23)19-11-12-5-7-13(8-6-12)26(18,24)25/h2-9H,10-11H2,1H3,(H,19,23)(H2,18,24,25). The smallest absolute Gasteiger partial charge is 0.250 e. The first-order chi connectivity index (χ1) is 12.2. The first kappa shape index (κ1) is 18.0. The number of amidine groups is 1. The van der Waals surface area contributed by atoms with Crippen molar-refractivity contribution in [3.05, 3.63) is 54.3 Å². The molecule has 9 heteroatoms. The topological polar surface area (TPSA) is 122 Å². The molecule has 1 atom stereocenters. The van der Waals surface area contributed by atoms with Gasteiger partial charge in [0.1, 0.15) is 11.4 Å². The summed E-state index contributed by atoms with van der Waals surface area (Å²) < 4.78 is 22.5. The maximum absolute atomic E-state index is 12.8. The van der Waals surface area contributed by atoms with E-state index < -0.39 is 15.6 Å². The van der Waals surface area contributed by atoms with Crippen molar-refractivity contribution in [2.75, 3.05) is 0 Å². The fourth-order valence-corrected chi connectivity index (χ4v) is 3.36. The van der Waals surface area contributed by atoms with Gasteiger partial charge in [0.2, 0.25) is 15.9 Å². The highest BCUT2D eigenvalue weighted by molar-refractivity contribution is 7.89. The minimum Gasteiger partial charge on any atom is -0.350 e. The number of hydrogen-bond donors (Lipinski definition) is 2. The number of sulfonamides is 1. The number of benzene rings is 1. The lowest BCUT2D eigenvalue weighted by atomic mass is 9.91. The molecule has 1 aromatic carbocycles. The number of amides is 2. The molecule has 1 aromatic rings. The second-order valence-electron chi connectivity index (χ2n) is 6.26. The second kappa shape index (κ2) is 6.50. The molecule has 0 spiro atoms. The van der Waals surface area contributed by atoms with Gasteiger partial charge >= 0.3 is 0 Å². The Labute approximate surface area is 151 Å². The van der Waals surface area contributed by atoms with Gasteiger partial charge in [-0.15, -0.1) is 0 Å². The highest BCUT2D eigenvalue weighted by atomic mass is 32.2. The Bertz CT molecular complexity index is 947. The number of fused-ring (bicyclic) bond motifs is 1. The van der Waals surface area contributed by atoms with Gasteiger partial charge in [-0.1, -0.05) is 18.2 Å². The van der Waals surface area contributed by atoms with Gasteiger partial charge in [-0.3, -0.25) is 9.59 Å². The lowest BCUT2D eigenvalue weighted by Gasteiger charge is -2.41. The Hall–Kier alpha value is -2.78. The number of nitrogens with one attached hydrogen (secondary N) is 1. The van der Waals surface area contributed by atoms with Crippen molar-refractivity contribution in [3.63, 3.8) is 0 Å². The average Bonchev–Trinajstić information content (AvgIpc) is 2.59. The fourth-order valence-electron chi connectivity index (χ4n) is 2.85. The van der Waals surface area contributed by atoms with E-state index in [2.05, 4.69) is 10.3 Å². The summed E-state index contributed by atoms with van der Waals surface area (Å²) in [6, 6.07) is 5.91. The third-order valence-corrected chi connectivity index (χ3v) is 5.23. The maximum atomic E-state index is 12.8. The van der Waals surface area contributed by atoms with Gasteiger partial charge in [0.15, 0.2) is 0 Å². The van der Waals surface area contributed by atoms with Gasteiger partial charge in [0.25, 0.3) is 5.91 Å². The Balaban J connectivity index is 1.73. The molecular weight excluding hydrogens is 356 g/mol. The van der Waals surface area contributed by atoms with Gasteiger partial charge < -0.3 is 10.2 Å². The first-order valence-electron chi connectivity index (χ1n) is 7.86. The van der Waals surface area contributed by atoms with E-state index in [1.165, 1.54) is 12.1 Å². The van der Waals surface area contributed by atoms with E-state index in [0.29, 0.717) is 11.4 Å². The largest absolute Gasteiger partial charge is 0.350 e. The molecule has 3 N–H and O–H groups in total. The van der Waals surface area contributed by atoms with Crippen molar-refractivity contribution < 1.29 is 18.0 Å². The molecule has 0 saturated heterocycles. The van der Waals surface area contributed by atoms with Gasteiger partial charge in [0.05, 0.1) is 11.3 Å². The van der Waals surface area contributed by atoms with Gasteiger partial charge in [-0.05, 0) is 36.8 Å². The van der Waals surface area contributed by atoms with Crippen molar-refractivity contribution in [2.45, 2.75) is 30.3 Å². The number of carbonyl (C=O) groups excluding carboxylic acids is 2. The second-order valence-corrected chi connectivity index (χ2v) is 7.82. The lowest BCUT2D eigenvalue weighted by molar-refractivity contribution is -0.134. The van der Waals surface area contributed by atoms with E-state index >= 15 is 0 Å². The molecule has 2 amide bonds. The van der Waals surface area contributed by atoms with Crippen LogP contribution in [0, 0.1) is 0 Å². The van der Waals surface area contributed by atoms with Crippen LogP contribution in [0.3, 0.4) is 0 Å². The summed E-state index contributed by atoms with van der Waals surface area (Å²) in [5, 5.41) is 7.86. The molecule has 0 aromatic heterocycles. The molecule has 136 valence electrons. The summed E-state index contributed by atoms with van der Waals surface area (Å²) in [7, 11) is -3.76. The van der Waals surface area contributed by atoms with Crippen LogP contribution in [0.15, 0.2) is 58.6 Å². The number of nitrogens with zero attached hydrogens (tertiary/aromatic N) is 2. The molecule has 0 saturated carbocycles. The highest BCUT2D eigenvalue weighted by Crippen LogP contribution is 2.28. The quantitative estimate of drug-likeness (QED) is 0.791. The number of aliphatic imine (C=N–C) groups is 1. The highest BCUT2D eigenvalue weighted by Gasteiger charge is 2.44. The third kappa shape index (κ3) is 3.44. The molecule has 0 radical (unpaired) electrons. The number of hydrogen-bond acceptors (Lipinski definition) is 5. The number of allylic oxidation sites excluding steroid dienone is 2. The lowest BCUT2D eigenvalue weighted by Crippen LogP contribution is -2.59. The van der Waals surface area contributed by atoms with Crippen LogP contribution in [0.1, 0.15) is 18.9 Å². The SMILES string of the molecule is CC1(C(=O)NCc2ccc(S(N)(=O)=O)cc2)CC(=O)N=C2C=CC=CN21. The molecule has 3 rings (SSSR count). The van der Waals surface area contributed by atoms with Crippen LogP contribution in [0.2, 0.25) is 0 Å². The summed E-state index contributed by atoms with van der Waals surface area (Å²) in [4.78, 5) is 30.3. The number of nitrogens with two attached hydrogens (primary N) is 1. The predicted octanol–water partition coefficient (Wildman–Crippen LogP) is 0.423. The molecule has 2 aliphatic rings. The van der Waals surface area contributed by atoms with E-state index in [1.807, 2.05) is 0 Å². The van der Waals surface area contributed by atoms with Crippen LogP contribution in [0.5, 0.6) is 0 Å². The van der Waals surface area contributed by atoms with Crippen molar-refractivity contribution in [3.8, 4) is 0 Å². The molecule has 0 aliphatic carbocycles. The molecule has 0 fully saturated rings. The van der Waals surface area contributed by atoms with Crippen molar-refractivity contribution >= 4 is 27.7 Å². The summed E-state index contributed by atoms with van der Waals surface area (Å²) in [6.07, 6.45) is 6.87. The molecule has 8 nitrogen and oxygen atoms in total. The summed E-state index contributed by atoms with van der Waals surface area (Å²) >= 11 is 0. The molecule has 1 unspecified atom stereocenters. The Morgan fingerprint density at radius 3 is 2.65 bits per heavy atom. The zero-order chi connectivity index (χ0) is 18.9. The van der Waals surface area contributed by atoms with Gasteiger partial charge in [0, 0.05) is 12.7 Å². The minimum absolute atomic E-state index is 0.00325. The molecular formula is C17H18N4O4S. The van der Waals surface area contributed by atoms with E-state index in [0.717, 1.165) is 0 Å². The molecule has 0 bridgehead atoms. The zero-order valence-electron chi connectivity index (χ0n) is 14.0. The Morgan fingerprint density at radius 1 is 1.31 bits per heavy atom. The van der Waals surface area contributed by atoms with Gasteiger partial charge in [-0.25, -0.2) is 13.6 Å². The normalized spacial score (nSPS) is 22.0. The third-order valence-electron chi connectivity index (χ3n) is 4.30. The Kier molecular flexibility index (Phi) is 4.51.